The van der Waals surface area contributed by atoms with Crippen molar-refractivity contribution in [1.29, 1.82) is 0 Å². The van der Waals surface area contributed by atoms with E-state index in [1.807, 2.05) is 66.2 Å². The molecule has 1 aliphatic heterocycles. The van der Waals surface area contributed by atoms with Crippen LogP contribution < -0.4 is 21.3 Å². The van der Waals surface area contributed by atoms with Crippen LogP contribution in [0.5, 0.6) is 0 Å². The van der Waals surface area contributed by atoms with E-state index in [2.05, 4.69) is 26.3 Å². The number of carbonyl (C=O) groups excluding carboxylic acids is 4. The molecular weight excluding hydrogens is 564 g/mol. The molecule has 2 bridgehead atoms. The molecule has 12 heteroatoms. The number of nitrogens with zero attached hydrogens (tertiary/aromatic N) is 2. The average Bonchev–Trinajstić information content (AvgIpc) is 3.64. The number of oxazole rings is 1. The first kappa shape index (κ1) is 30.5. The first-order chi connectivity index (χ1) is 21.2. The summed E-state index contributed by atoms with van der Waals surface area (Å²) in [5.41, 5.74) is 2.11. The molecule has 1 aliphatic rings. The van der Waals surface area contributed by atoms with E-state index in [1.165, 1.54) is 6.92 Å². The fourth-order valence-electron chi connectivity index (χ4n) is 5.32. The average molecular weight is 601 g/mol. The van der Waals surface area contributed by atoms with Crippen molar-refractivity contribution < 1.29 is 28.7 Å². The maximum absolute atomic E-state index is 13.8. The number of aliphatic hydroxyl groups excluding tert-OH is 1. The van der Waals surface area contributed by atoms with Crippen LogP contribution in [0.2, 0.25) is 0 Å². The Kier molecular flexibility index (Phi) is 9.39. The van der Waals surface area contributed by atoms with Crippen molar-refractivity contribution in [3.8, 4) is 0 Å². The number of nitrogens with one attached hydrogen (secondary N) is 4. The Morgan fingerprint density at radius 1 is 1.07 bits per heavy atom. The summed E-state index contributed by atoms with van der Waals surface area (Å²) in [5, 5.41) is 22.1. The molecule has 2 aromatic heterocycles. The Labute approximate surface area is 254 Å². The van der Waals surface area contributed by atoms with E-state index >= 15 is 0 Å². The van der Waals surface area contributed by atoms with Gasteiger partial charge in [-0.2, -0.15) is 0 Å². The number of amides is 4. The van der Waals surface area contributed by atoms with Crippen LogP contribution in [0.25, 0.3) is 10.9 Å². The van der Waals surface area contributed by atoms with Gasteiger partial charge >= 0.3 is 0 Å². The SMILES string of the molecule is C[C@@H](O)[C@@H]1NC(=O)c2coc(n2)[C@H](Cc2ccccc2)NC(=O)[C@@H](NC(=O)c2cn(C)c3ccccc23)CCCCNC1=O. The summed E-state index contributed by atoms with van der Waals surface area (Å²) in [6, 6.07) is 14.1. The maximum atomic E-state index is 13.8. The van der Waals surface area contributed by atoms with Crippen LogP contribution in [0.15, 0.2) is 71.5 Å². The highest BCUT2D eigenvalue weighted by Crippen LogP contribution is 2.22. The molecule has 4 amide bonds. The van der Waals surface area contributed by atoms with Gasteiger partial charge in [0.1, 0.15) is 24.4 Å². The maximum Gasteiger partial charge on any atom is 0.273 e. The molecule has 2 aromatic carbocycles. The zero-order valence-corrected chi connectivity index (χ0v) is 24.6. The van der Waals surface area contributed by atoms with Crippen molar-refractivity contribution in [2.45, 2.75) is 56.8 Å². The third-order valence-corrected chi connectivity index (χ3v) is 7.69. The summed E-state index contributed by atoms with van der Waals surface area (Å²) in [4.78, 5) is 57.4. The normalized spacial score (nSPS) is 20.8. The molecule has 0 saturated heterocycles. The molecule has 44 heavy (non-hydrogen) atoms. The number of fused-ring (bicyclic) bond motifs is 3. The Bertz CT molecular complexity index is 1650. The fraction of sp³-hybridized carbons (Fsp3) is 0.344. The Hall–Kier alpha value is -4.97. The molecule has 0 spiro atoms. The van der Waals surface area contributed by atoms with Gasteiger partial charge in [0.05, 0.1) is 11.7 Å². The summed E-state index contributed by atoms with van der Waals surface area (Å²) in [5.74, 6) is -2.01. The van der Waals surface area contributed by atoms with Gasteiger partial charge in [0.25, 0.3) is 11.8 Å². The Morgan fingerprint density at radius 2 is 1.82 bits per heavy atom. The van der Waals surface area contributed by atoms with Crippen LogP contribution in [0, 0.1) is 0 Å². The molecule has 12 nitrogen and oxygen atoms in total. The fourth-order valence-corrected chi connectivity index (χ4v) is 5.32. The molecule has 0 radical (unpaired) electrons. The molecule has 5 N–H and O–H groups in total. The zero-order valence-electron chi connectivity index (χ0n) is 24.6. The smallest absolute Gasteiger partial charge is 0.273 e. The molecule has 230 valence electrons. The van der Waals surface area contributed by atoms with E-state index in [4.69, 9.17) is 4.42 Å². The highest BCUT2D eigenvalue weighted by atomic mass is 16.3. The van der Waals surface area contributed by atoms with Crippen molar-refractivity contribution in [2.24, 2.45) is 7.05 Å². The predicted octanol–water partition coefficient (Wildman–Crippen LogP) is 2.14. The molecule has 4 atom stereocenters. The first-order valence-corrected chi connectivity index (χ1v) is 14.6. The summed E-state index contributed by atoms with van der Waals surface area (Å²) >= 11 is 0. The van der Waals surface area contributed by atoms with E-state index in [-0.39, 0.29) is 24.0 Å². The minimum atomic E-state index is -1.21. The number of carbonyl (C=O) groups is 4. The van der Waals surface area contributed by atoms with E-state index in [9.17, 15) is 24.3 Å². The number of aromatic nitrogens is 2. The van der Waals surface area contributed by atoms with E-state index in [0.29, 0.717) is 31.2 Å². The van der Waals surface area contributed by atoms with Crippen molar-refractivity contribution in [2.75, 3.05) is 6.54 Å². The summed E-state index contributed by atoms with van der Waals surface area (Å²) in [7, 11) is 1.85. The summed E-state index contributed by atoms with van der Waals surface area (Å²) in [6.45, 7) is 1.65. The van der Waals surface area contributed by atoms with Gasteiger partial charge in [0.2, 0.25) is 17.7 Å². The van der Waals surface area contributed by atoms with E-state index in [1.54, 1.807) is 6.20 Å². The summed E-state index contributed by atoms with van der Waals surface area (Å²) < 4.78 is 7.52. The Balaban J connectivity index is 1.45. The van der Waals surface area contributed by atoms with Gasteiger partial charge < -0.3 is 35.4 Å². The molecule has 0 aliphatic carbocycles. The van der Waals surface area contributed by atoms with Crippen LogP contribution >= 0.6 is 0 Å². The van der Waals surface area contributed by atoms with Crippen molar-refractivity contribution in [3.05, 3.63) is 89.8 Å². The topological polar surface area (TPSA) is 168 Å². The molecular formula is C32H36N6O6. The van der Waals surface area contributed by atoms with Gasteiger partial charge in [-0.15, -0.1) is 0 Å². The lowest BCUT2D eigenvalue weighted by Gasteiger charge is -2.23. The Morgan fingerprint density at radius 3 is 2.59 bits per heavy atom. The minimum absolute atomic E-state index is 0.0802. The van der Waals surface area contributed by atoms with Gasteiger partial charge in [0, 0.05) is 37.1 Å². The van der Waals surface area contributed by atoms with Crippen LogP contribution in [-0.2, 0) is 23.1 Å². The molecule has 0 unspecified atom stereocenters. The second-order valence-corrected chi connectivity index (χ2v) is 11.0. The van der Waals surface area contributed by atoms with Crippen molar-refractivity contribution in [1.82, 2.24) is 30.8 Å². The van der Waals surface area contributed by atoms with Crippen molar-refractivity contribution in [3.63, 3.8) is 0 Å². The van der Waals surface area contributed by atoms with Crippen LogP contribution in [-0.4, -0.2) is 63.0 Å². The second kappa shape index (κ2) is 13.6. The van der Waals surface area contributed by atoms with Gasteiger partial charge in [-0.25, -0.2) is 4.98 Å². The van der Waals surface area contributed by atoms with Gasteiger partial charge in [-0.3, -0.25) is 19.2 Å². The zero-order chi connectivity index (χ0) is 31.2. The predicted molar refractivity (Wildman–Crippen MR) is 162 cm³/mol. The largest absolute Gasteiger partial charge is 0.446 e. The number of aliphatic hydroxyl groups is 1. The van der Waals surface area contributed by atoms with Gasteiger partial charge in [-0.1, -0.05) is 48.5 Å². The molecule has 0 saturated carbocycles. The third-order valence-electron chi connectivity index (χ3n) is 7.69. The lowest BCUT2D eigenvalue weighted by Crippen LogP contribution is -2.52. The molecule has 5 rings (SSSR count). The highest BCUT2D eigenvalue weighted by molar-refractivity contribution is 6.08. The number of hydrogen-bond acceptors (Lipinski definition) is 7. The van der Waals surface area contributed by atoms with E-state index < -0.39 is 42.0 Å². The minimum Gasteiger partial charge on any atom is -0.446 e. The molecule has 3 heterocycles. The van der Waals surface area contributed by atoms with Crippen molar-refractivity contribution >= 4 is 34.5 Å². The van der Waals surface area contributed by atoms with Crippen LogP contribution in [0.4, 0.5) is 0 Å². The first-order valence-electron chi connectivity index (χ1n) is 14.6. The van der Waals surface area contributed by atoms with E-state index in [0.717, 1.165) is 22.7 Å². The number of aryl methyl sites for hydroxylation is 1. The van der Waals surface area contributed by atoms with Gasteiger partial charge in [-0.05, 0) is 37.8 Å². The van der Waals surface area contributed by atoms with Gasteiger partial charge in [0.15, 0.2) is 5.69 Å². The summed E-state index contributed by atoms with van der Waals surface area (Å²) in [6.07, 6.45) is 3.30. The van der Waals surface area contributed by atoms with Crippen LogP contribution in [0.3, 0.4) is 0 Å². The standard InChI is InChI=1S/C32H36N6O6/c1-19(39)27-31(43)33-15-9-8-13-23(34-28(40)22-17-38(2)26-14-7-6-12-21(22)26)29(41)35-24(16-20-10-4-3-5-11-20)32-36-25(18-44-32)30(42)37-27/h3-7,10-12,14,17-19,23-24,27,39H,8-9,13,15-16H2,1-2H3,(H,33,43)(H,34,40)(H,35,41)(H,37,42)/t19-,23+,24+,27+/m1/s1. The molecule has 0 fully saturated rings. The number of benzene rings is 2. The number of para-hydroxylation sites is 1. The molecule has 4 aromatic rings. The third kappa shape index (κ3) is 6.97. The lowest BCUT2D eigenvalue weighted by atomic mass is 10.0. The second-order valence-electron chi connectivity index (χ2n) is 11.0. The highest BCUT2D eigenvalue weighted by Gasteiger charge is 2.31. The quantitative estimate of drug-likeness (QED) is 0.234. The number of rotatable bonds is 5. The number of hydrogen-bond donors (Lipinski definition) is 5. The van der Waals surface area contributed by atoms with Crippen LogP contribution in [0.1, 0.15) is 64.5 Å². The monoisotopic (exact) mass is 600 g/mol. The lowest BCUT2D eigenvalue weighted by molar-refractivity contribution is -0.125.